The number of nitrogens with one attached hydrogen (secondary N) is 1. The summed E-state index contributed by atoms with van der Waals surface area (Å²) in [5.74, 6) is -0.580. The summed E-state index contributed by atoms with van der Waals surface area (Å²) >= 11 is 5.62. The Hall–Kier alpha value is -1.95. The second kappa shape index (κ2) is 5.81. The van der Waals surface area contributed by atoms with Crippen molar-refractivity contribution >= 4 is 23.0 Å². The van der Waals surface area contributed by atoms with Crippen molar-refractivity contribution in [3.63, 3.8) is 0 Å². The van der Waals surface area contributed by atoms with E-state index in [1.54, 1.807) is 0 Å². The maximum atomic E-state index is 13.0. The second-order valence-corrected chi connectivity index (χ2v) is 4.81. The van der Waals surface area contributed by atoms with E-state index in [4.69, 9.17) is 17.3 Å². The van der Waals surface area contributed by atoms with Crippen LogP contribution in [0.1, 0.15) is 11.1 Å². The molecule has 2 nitrogen and oxygen atoms in total. The maximum absolute atomic E-state index is 13.0. The molecule has 3 N–H and O–H groups in total. The molecule has 0 radical (unpaired) electrons. The van der Waals surface area contributed by atoms with Gasteiger partial charge in [-0.25, -0.2) is 4.39 Å². The first-order chi connectivity index (χ1) is 9.77. The molecule has 0 aromatic heterocycles. The predicted molar refractivity (Wildman–Crippen MR) is 74.6 cm³/mol. The maximum Gasteiger partial charge on any atom is 0.418 e. The van der Waals surface area contributed by atoms with Gasteiger partial charge in [0.15, 0.2) is 0 Å². The van der Waals surface area contributed by atoms with E-state index in [2.05, 4.69) is 5.32 Å². The lowest BCUT2D eigenvalue weighted by Crippen LogP contribution is -2.11. The van der Waals surface area contributed by atoms with Crippen molar-refractivity contribution in [3.8, 4) is 0 Å². The summed E-state index contributed by atoms with van der Waals surface area (Å²) < 4.78 is 51.7. The first-order valence-electron chi connectivity index (χ1n) is 5.92. The van der Waals surface area contributed by atoms with Crippen LogP contribution < -0.4 is 11.1 Å². The Kier molecular flexibility index (Phi) is 4.27. The van der Waals surface area contributed by atoms with E-state index >= 15 is 0 Å². The highest BCUT2D eigenvalue weighted by atomic mass is 35.5. The third-order valence-corrected chi connectivity index (χ3v) is 3.11. The van der Waals surface area contributed by atoms with E-state index in [-0.39, 0.29) is 22.9 Å². The minimum atomic E-state index is -4.52. The van der Waals surface area contributed by atoms with Crippen LogP contribution in [-0.2, 0) is 12.7 Å². The van der Waals surface area contributed by atoms with Gasteiger partial charge < -0.3 is 11.1 Å². The highest BCUT2D eigenvalue weighted by molar-refractivity contribution is 6.30. The van der Waals surface area contributed by atoms with Crippen LogP contribution in [0.4, 0.5) is 28.9 Å². The first kappa shape index (κ1) is 15.4. The average molecular weight is 319 g/mol. The lowest BCUT2D eigenvalue weighted by atomic mass is 10.1. The van der Waals surface area contributed by atoms with Gasteiger partial charge in [0.2, 0.25) is 0 Å². The summed E-state index contributed by atoms with van der Waals surface area (Å²) in [6.45, 7) is 0.0764. The Morgan fingerprint density at radius 3 is 2.43 bits per heavy atom. The van der Waals surface area contributed by atoms with Crippen LogP contribution in [0.2, 0.25) is 5.02 Å². The van der Waals surface area contributed by atoms with Gasteiger partial charge in [-0.1, -0.05) is 17.7 Å². The summed E-state index contributed by atoms with van der Waals surface area (Å²) in [5, 5.41) is 2.57. The number of hydrogen-bond donors (Lipinski definition) is 2. The van der Waals surface area contributed by atoms with Crippen molar-refractivity contribution in [2.24, 2.45) is 0 Å². The van der Waals surface area contributed by atoms with Crippen LogP contribution >= 0.6 is 11.6 Å². The van der Waals surface area contributed by atoms with Crippen molar-refractivity contribution < 1.29 is 17.6 Å². The van der Waals surface area contributed by atoms with Crippen molar-refractivity contribution in [3.05, 3.63) is 58.4 Å². The molecule has 0 heterocycles. The number of nitrogens with two attached hydrogens (primary N) is 1. The van der Waals surface area contributed by atoms with Crippen molar-refractivity contribution in [2.45, 2.75) is 12.7 Å². The normalized spacial score (nSPS) is 11.5. The Labute approximate surface area is 123 Å². The van der Waals surface area contributed by atoms with E-state index in [0.29, 0.717) is 5.56 Å². The SMILES string of the molecule is Nc1ccc(NCc2ccc(F)c(Cl)c2)c(C(F)(F)F)c1. The van der Waals surface area contributed by atoms with Gasteiger partial charge in [-0.05, 0) is 35.9 Å². The molecule has 0 fully saturated rings. The largest absolute Gasteiger partial charge is 0.418 e. The van der Waals surface area contributed by atoms with Crippen LogP contribution in [0.3, 0.4) is 0 Å². The number of benzene rings is 2. The number of hydrogen-bond acceptors (Lipinski definition) is 2. The molecule has 2 aromatic carbocycles. The highest BCUT2D eigenvalue weighted by Crippen LogP contribution is 2.36. The van der Waals surface area contributed by atoms with E-state index < -0.39 is 17.6 Å². The summed E-state index contributed by atoms with van der Waals surface area (Å²) in [6.07, 6.45) is -4.52. The van der Waals surface area contributed by atoms with Crippen LogP contribution in [0.5, 0.6) is 0 Å². The summed E-state index contributed by atoms with van der Waals surface area (Å²) in [7, 11) is 0. The molecule has 0 unspecified atom stereocenters. The zero-order chi connectivity index (χ0) is 15.6. The van der Waals surface area contributed by atoms with Crippen molar-refractivity contribution in [1.82, 2.24) is 0 Å². The number of rotatable bonds is 3. The van der Waals surface area contributed by atoms with Gasteiger partial charge in [0.25, 0.3) is 0 Å². The molecule has 0 aliphatic heterocycles. The average Bonchev–Trinajstić information content (AvgIpc) is 2.40. The van der Waals surface area contributed by atoms with Crippen LogP contribution in [-0.4, -0.2) is 0 Å². The molecule has 112 valence electrons. The molecule has 2 aromatic rings. The molecule has 0 aliphatic carbocycles. The van der Waals surface area contributed by atoms with Gasteiger partial charge in [0, 0.05) is 17.9 Å². The molecule has 21 heavy (non-hydrogen) atoms. The Balaban J connectivity index is 2.22. The van der Waals surface area contributed by atoms with Gasteiger partial charge in [-0.2, -0.15) is 13.2 Å². The number of anilines is 2. The number of nitrogen functional groups attached to an aromatic ring is 1. The second-order valence-electron chi connectivity index (χ2n) is 4.40. The summed E-state index contributed by atoms with van der Waals surface area (Å²) in [4.78, 5) is 0. The summed E-state index contributed by atoms with van der Waals surface area (Å²) in [6, 6.07) is 7.44. The van der Waals surface area contributed by atoms with E-state index in [0.717, 1.165) is 12.1 Å². The van der Waals surface area contributed by atoms with Crippen LogP contribution in [0.25, 0.3) is 0 Å². The number of halogens is 5. The zero-order valence-electron chi connectivity index (χ0n) is 10.6. The van der Waals surface area contributed by atoms with Crippen molar-refractivity contribution in [1.29, 1.82) is 0 Å². The molecule has 2 rings (SSSR count). The first-order valence-corrected chi connectivity index (χ1v) is 6.29. The molecular formula is C14H11ClF4N2. The quantitative estimate of drug-likeness (QED) is 0.636. The van der Waals surface area contributed by atoms with E-state index in [9.17, 15) is 17.6 Å². The zero-order valence-corrected chi connectivity index (χ0v) is 11.4. The van der Waals surface area contributed by atoms with Gasteiger partial charge in [0.1, 0.15) is 5.82 Å². The lowest BCUT2D eigenvalue weighted by molar-refractivity contribution is -0.136. The van der Waals surface area contributed by atoms with Gasteiger partial charge in [-0.3, -0.25) is 0 Å². The lowest BCUT2D eigenvalue weighted by Gasteiger charge is -2.15. The molecule has 0 spiro atoms. The smallest absolute Gasteiger partial charge is 0.399 e. The minimum Gasteiger partial charge on any atom is -0.399 e. The molecule has 0 saturated carbocycles. The topological polar surface area (TPSA) is 38.0 Å². The molecule has 0 bridgehead atoms. The molecule has 0 aliphatic rings. The van der Waals surface area contributed by atoms with Gasteiger partial charge in [0.05, 0.1) is 10.6 Å². The van der Waals surface area contributed by atoms with Gasteiger partial charge in [-0.15, -0.1) is 0 Å². The third-order valence-electron chi connectivity index (χ3n) is 2.82. The summed E-state index contributed by atoms with van der Waals surface area (Å²) in [5.41, 5.74) is 5.02. The standard InChI is InChI=1S/C14H11ClF4N2/c15-11-5-8(1-3-12(11)16)7-21-13-4-2-9(20)6-10(13)14(17,18)19/h1-6,21H,7,20H2. The molecule has 0 saturated heterocycles. The third kappa shape index (κ3) is 3.78. The molecule has 0 atom stereocenters. The predicted octanol–water partition coefficient (Wildman–Crippen LogP) is 4.69. The Morgan fingerprint density at radius 2 is 1.81 bits per heavy atom. The van der Waals surface area contributed by atoms with Crippen LogP contribution in [0, 0.1) is 5.82 Å². The fourth-order valence-electron chi connectivity index (χ4n) is 1.80. The molecule has 7 heteroatoms. The highest BCUT2D eigenvalue weighted by Gasteiger charge is 2.33. The fourth-order valence-corrected chi connectivity index (χ4v) is 2.00. The monoisotopic (exact) mass is 318 g/mol. The Bertz CT molecular complexity index is 656. The van der Waals surface area contributed by atoms with E-state index in [1.807, 2.05) is 0 Å². The molecular weight excluding hydrogens is 308 g/mol. The van der Waals surface area contributed by atoms with Crippen LogP contribution in [0.15, 0.2) is 36.4 Å². The molecule has 0 amide bonds. The Morgan fingerprint density at radius 1 is 1.10 bits per heavy atom. The fraction of sp³-hybridized carbons (Fsp3) is 0.143. The van der Waals surface area contributed by atoms with Gasteiger partial charge >= 0.3 is 6.18 Å². The van der Waals surface area contributed by atoms with E-state index in [1.165, 1.54) is 24.3 Å². The van der Waals surface area contributed by atoms with Crippen molar-refractivity contribution in [2.75, 3.05) is 11.1 Å². The minimum absolute atomic E-state index is 0.0256. The number of alkyl halides is 3.